The topological polar surface area (TPSA) is 71.0 Å². The van der Waals surface area contributed by atoms with Crippen LogP contribution in [0.3, 0.4) is 0 Å². The van der Waals surface area contributed by atoms with Gasteiger partial charge in [-0.05, 0) is 43.0 Å². The van der Waals surface area contributed by atoms with Gasteiger partial charge in [0.05, 0.1) is 30.3 Å². The average molecular weight is 484 g/mol. The number of amidine groups is 1. The number of nitrogens with one attached hydrogen (secondary N) is 1. The number of thioether (sulfide) groups is 1. The maximum Gasteiger partial charge on any atom is 0.338 e. The van der Waals surface area contributed by atoms with Gasteiger partial charge in [0.25, 0.3) is 0 Å². The standard InChI is InChI=1S/C25H23F2N3O3S/c1-3-33-24(32)22-15(2)29-25-30(23(22)19-9-4-5-10-20(19)27)18(14-34-25)12-21(31)28-13-16-7-6-8-17(26)11-16/h4-11,14,23H,3,12-13H2,1-2H3,(H,28,31)/t23-/m0/s1. The zero-order valence-corrected chi connectivity index (χ0v) is 19.5. The molecule has 0 aromatic heterocycles. The van der Waals surface area contributed by atoms with Gasteiger partial charge in [-0.15, -0.1) is 0 Å². The number of hydrogen-bond acceptors (Lipinski definition) is 6. The number of aliphatic imine (C=N–C) groups is 1. The molecule has 2 heterocycles. The highest BCUT2D eigenvalue weighted by Crippen LogP contribution is 2.45. The number of hydrogen-bond donors (Lipinski definition) is 1. The van der Waals surface area contributed by atoms with E-state index in [1.54, 1.807) is 54.5 Å². The Bertz CT molecular complexity index is 1230. The number of carbonyl (C=O) groups is 2. The Labute approximate surface area is 200 Å². The van der Waals surface area contributed by atoms with E-state index in [1.165, 1.54) is 30.0 Å². The molecule has 0 aliphatic carbocycles. The van der Waals surface area contributed by atoms with Crippen molar-refractivity contribution in [2.75, 3.05) is 6.61 Å². The summed E-state index contributed by atoms with van der Waals surface area (Å²) in [7, 11) is 0. The van der Waals surface area contributed by atoms with Gasteiger partial charge in [0.2, 0.25) is 5.91 Å². The van der Waals surface area contributed by atoms with Crippen molar-refractivity contribution in [3.8, 4) is 0 Å². The van der Waals surface area contributed by atoms with Crippen LogP contribution in [0.25, 0.3) is 0 Å². The molecule has 0 saturated carbocycles. The lowest BCUT2D eigenvalue weighted by molar-refractivity contribution is -0.139. The van der Waals surface area contributed by atoms with Crippen molar-refractivity contribution in [3.05, 3.63) is 93.7 Å². The fourth-order valence-corrected chi connectivity index (χ4v) is 4.87. The summed E-state index contributed by atoms with van der Waals surface area (Å²) in [5.74, 6) is -1.73. The maximum absolute atomic E-state index is 14.9. The minimum Gasteiger partial charge on any atom is -0.463 e. The van der Waals surface area contributed by atoms with Crippen LogP contribution in [0.1, 0.15) is 37.4 Å². The number of fused-ring (bicyclic) bond motifs is 1. The molecule has 34 heavy (non-hydrogen) atoms. The van der Waals surface area contributed by atoms with E-state index >= 15 is 0 Å². The largest absolute Gasteiger partial charge is 0.463 e. The number of nitrogens with zero attached hydrogens (tertiary/aromatic N) is 2. The first kappa shape index (κ1) is 23.7. The number of ether oxygens (including phenoxy) is 1. The van der Waals surface area contributed by atoms with E-state index < -0.39 is 17.8 Å². The molecule has 6 nitrogen and oxygen atoms in total. The van der Waals surface area contributed by atoms with Gasteiger partial charge >= 0.3 is 5.97 Å². The molecule has 176 valence electrons. The van der Waals surface area contributed by atoms with Crippen molar-refractivity contribution >= 4 is 28.8 Å². The molecule has 1 amide bonds. The molecule has 0 saturated heterocycles. The summed E-state index contributed by atoms with van der Waals surface area (Å²) < 4.78 is 33.6. The fraction of sp³-hybridized carbons (Fsp3) is 0.240. The molecule has 2 aromatic carbocycles. The molecule has 0 radical (unpaired) electrons. The molecular formula is C25H23F2N3O3S. The molecule has 1 N–H and O–H groups in total. The van der Waals surface area contributed by atoms with E-state index in [-0.39, 0.29) is 42.4 Å². The highest BCUT2D eigenvalue weighted by molar-refractivity contribution is 8.16. The van der Waals surface area contributed by atoms with Gasteiger partial charge in [-0.1, -0.05) is 42.1 Å². The van der Waals surface area contributed by atoms with Gasteiger partial charge in [0.15, 0.2) is 5.17 Å². The van der Waals surface area contributed by atoms with Gasteiger partial charge in [-0.3, -0.25) is 4.79 Å². The number of carbonyl (C=O) groups excluding carboxylic acids is 2. The number of benzene rings is 2. The van der Waals surface area contributed by atoms with Crippen LogP contribution < -0.4 is 5.32 Å². The zero-order valence-electron chi connectivity index (χ0n) is 18.7. The van der Waals surface area contributed by atoms with Crippen molar-refractivity contribution in [3.63, 3.8) is 0 Å². The van der Waals surface area contributed by atoms with E-state index in [9.17, 15) is 18.4 Å². The molecule has 2 aliphatic heterocycles. The van der Waals surface area contributed by atoms with Gasteiger partial charge in [-0.2, -0.15) is 0 Å². The molecule has 0 fully saturated rings. The van der Waals surface area contributed by atoms with Crippen LogP contribution in [0, 0.1) is 11.6 Å². The number of allylic oxidation sites excluding steroid dienone is 1. The summed E-state index contributed by atoms with van der Waals surface area (Å²) >= 11 is 1.30. The highest BCUT2D eigenvalue weighted by atomic mass is 32.2. The maximum atomic E-state index is 14.9. The zero-order chi connectivity index (χ0) is 24.2. The van der Waals surface area contributed by atoms with Crippen LogP contribution in [0.5, 0.6) is 0 Å². The number of esters is 1. The lowest BCUT2D eigenvalue weighted by atomic mass is 9.93. The smallest absolute Gasteiger partial charge is 0.338 e. The summed E-state index contributed by atoms with van der Waals surface area (Å²) in [5, 5.41) is 5.10. The molecular weight excluding hydrogens is 460 g/mol. The molecule has 2 aromatic rings. The van der Waals surface area contributed by atoms with E-state index in [0.717, 1.165) is 0 Å². The summed E-state index contributed by atoms with van der Waals surface area (Å²) in [4.78, 5) is 31.8. The molecule has 0 spiro atoms. The molecule has 0 unspecified atom stereocenters. The minimum atomic E-state index is -0.829. The van der Waals surface area contributed by atoms with Crippen molar-refractivity contribution < 1.29 is 23.1 Å². The van der Waals surface area contributed by atoms with Crippen molar-refractivity contribution in [1.82, 2.24) is 10.2 Å². The van der Waals surface area contributed by atoms with Gasteiger partial charge in [0, 0.05) is 17.8 Å². The minimum absolute atomic E-state index is 0.0263. The lowest BCUT2D eigenvalue weighted by Gasteiger charge is -2.36. The Kier molecular flexibility index (Phi) is 7.12. The predicted octanol–water partition coefficient (Wildman–Crippen LogP) is 4.81. The van der Waals surface area contributed by atoms with Crippen molar-refractivity contribution in [2.45, 2.75) is 32.9 Å². The Hall–Kier alpha value is -3.46. The van der Waals surface area contributed by atoms with E-state index in [2.05, 4.69) is 10.3 Å². The van der Waals surface area contributed by atoms with Gasteiger partial charge in [0.1, 0.15) is 11.6 Å². The first-order chi connectivity index (χ1) is 16.4. The summed E-state index contributed by atoms with van der Waals surface area (Å²) in [6.45, 7) is 3.72. The second kappa shape index (κ2) is 10.2. The van der Waals surface area contributed by atoms with Gasteiger partial charge in [-0.25, -0.2) is 18.6 Å². The quantitative estimate of drug-likeness (QED) is 0.573. The van der Waals surface area contributed by atoms with Crippen molar-refractivity contribution in [2.24, 2.45) is 4.99 Å². The highest BCUT2D eigenvalue weighted by Gasteiger charge is 2.42. The SMILES string of the molecule is CCOC(=O)C1=C(C)N=C2SC=C(CC(=O)NCc3cccc(F)c3)N2[C@H]1c1ccccc1F. The Morgan fingerprint density at radius 2 is 1.97 bits per heavy atom. The third kappa shape index (κ3) is 4.89. The van der Waals surface area contributed by atoms with Gasteiger partial charge < -0.3 is 15.0 Å². The first-order valence-corrected chi connectivity index (χ1v) is 11.6. The summed E-state index contributed by atoms with van der Waals surface area (Å²) in [5.41, 5.74) is 2.16. The van der Waals surface area contributed by atoms with Crippen LogP contribution in [-0.4, -0.2) is 28.6 Å². The third-order valence-electron chi connectivity index (χ3n) is 5.42. The van der Waals surface area contributed by atoms with E-state index in [1.807, 2.05) is 0 Å². The summed E-state index contributed by atoms with van der Waals surface area (Å²) in [6.07, 6.45) is -0.0263. The van der Waals surface area contributed by atoms with Crippen LogP contribution >= 0.6 is 11.8 Å². The monoisotopic (exact) mass is 483 g/mol. The number of halogens is 2. The summed E-state index contributed by atoms with van der Waals surface area (Å²) in [6, 6.07) is 11.4. The van der Waals surface area contributed by atoms with Crippen molar-refractivity contribution in [1.29, 1.82) is 0 Å². The average Bonchev–Trinajstić information content (AvgIpc) is 3.19. The molecule has 4 rings (SSSR count). The third-order valence-corrected chi connectivity index (χ3v) is 6.30. The molecule has 9 heteroatoms. The Morgan fingerprint density at radius 3 is 2.71 bits per heavy atom. The number of amides is 1. The van der Waals surface area contributed by atoms with Crippen LogP contribution in [0.2, 0.25) is 0 Å². The van der Waals surface area contributed by atoms with Crippen LogP contribution in [0.4, 0.5) is 8.78 Å². The second-order valence-corrected chi connectivity index (χ2v) is 8.56. The molecule has 0 bridgehead atoms. The Morgan fingerprint density at radius 1 is 1.18 bits per heavy atom. The second-order valence-electron chi connectivity index (χ2n) is 7.72. The fourth-order valence-electron chi connectivity index (χ4n) is 3.91. The first-order valence-electron chi connectivity index (χ1n) is 10.8. The molecule has 2 aliphatic rings. The van der Waals surface area contributed by atoms with Crippen LogP contribution in [-0.2, 0) is 20.9 Å². The Balaban J connectivity index is 1.61. The predicted molar refractivity (Wildman–Crippen MR) is 126 cm³/mol. The van der Waals surface area contributed by atoms with E-state index in [0.29, 0.717) is 22.1 Å². The normalized spacial score (nSPS) is 17.2. The number of rotatable bonds is 7. The molecule has 1 atom stereocenters. The lowest BCUT2D eigenvalue weighted by Crippen LogP contribution is -2.38. The van der Waals surface area contributed by atoms with E-state index in [4.69, 9.17) is 4.74 Å². The van der Waals surface area contributed by atoms with Crippen LogP contribution in [0.15, 0.2) is 75.9 Å².